The number of benzene rings is 1. The summed E-state index contributed by atoms with van der Waals surface area (Å²) in [6.07, 6.45) is 6.42. The lowest BCUT2D eigenvalue weighted by molar-refractivity contribution is -0.123. The van der Waals surface area contributed by atoms with E-state index in [1.54, 1.807) is 12.4 Å². The molecule has 2 aliphatic rings. The Bertz CT molecular complexity index is 884. The molecule has 2 fully saturated rings. The van der Waals surface area contributed by atoms with Gasteiger partial charge in [0, 0.05) is 31.4 Å². The van der Waals surface area contributed by atoms with Crippen LogP contribution in [-0.4, -0.2) is 65.4 Å². The highest BCUT2D eigenvalue weighted by molar-refractivity contribution is 5.96. The Balaban J connectivity index is 1.50. The molecular formula is C23H28N4O2. The molecule has 1 aromatic carbocycles. The van der Waals surface area contributed by atoms with Crippen LogP contribution >= 0.6 is 0 Å². The molecule has 2 saturated heterocycles. The Labute approximate surface area is 172 Å². The van der Waals surface area contributed by atoms with Gasteiger partial charge in [-0.2, -0.15) is 0 Å². The molecule has 1 atom stereocenters. The number of carbonyl (C=O) groups is 2. The standard InChI is InChI=1S/C23H28N4O2/c1-3-5-18-7-9-19(10-8-18)22(29)26-13-11-23(16-26)17-27(21(28)15-25(23)2)20-6-4-12-24-14-20/h4,6-10,12,14H,3,5,11,13,15-17H2,1-2H3/t23-/m0/s1. The summed E-state index contributed by atoms with van der Waals surface area (Å²) in [5.41, 5.74) is 2.60. The van der Waals surface area contributed by atoms with E-state index in [4.69, 9.17) is 0 Å². The number of aromatic nitrogens is 1. The lowest BCUT2D eigenvalue weighted by atomic mass is 9.92. The Hall–Kier alpha value is -2.73. The highest BCUT2D eigenvalue weighted by Gasteiger charge is 2.48. The first-order valence-electron chi connectivity index (χ1n) is 10.3. The number of anilines is 1. The summed E-state index contributed by atoms with van der Waals surface area (Å²) in [6.45, 7) is 4.41. The van der Waals surface area contributed by atoms with Gasteiger partial charge in [0.2, 0.25) is 5.91 Å². The van der Waals surface area contributed by atoms with Gasteiger partial charge in [-0.15, -0.1) is 0 Å². The average Bonchev–Trinajstić information content (AvgIpc) is 3.17. The molecule has 2 aliphatic heterocycles. The van der Waals surface area contributed by atoms with Gasteiger partial charge in [-0.25, -0.2) is 0 Å². The number of likely N-dealkylation sites (tertiary alicyclic amines) is 1. The van der Waals surface area contributed by atoms with E-state index in [2.05, 4.69) is 28.9 Å². The van der Waals surface area contributed by atoms with Crippen LogP contribution in [0.25, 0.3) is 0 Å². The molecule has 152 valence electrons. The number of aryl methyl sites for hydroxylation is 1. The zero-order valence-corrected chi connectivity index (χ0v) is 17.2. The molecule has 6 heteroatoms. The second kappa shape index (κ2) is 7.95. The van der Waals surface area contributed by atoms with Crippen molar-refractivity contribution in [3.63, 3.8) is 0 Å². The minimum absolute atomic E-state index is 0.0717. The number of carbonyl (C=O) groups excluding carboxylic acids is 2. The number of pyridine rings is 1. The summed E-state index contributed by atoms with van der Waals surface area (Å²) in [4.78, 5) is 35.8. The van der Waals surface area contributed by atoms with Gasteiger partial charge in [-0.1, -0.05) is 25.5 Å². The van der Waals surface area contributed by atoms with E-state index in [-0.39, 0.29) is 17.4 Å². The Morgan fingerprint density at radius 2 is 1.97 bits per heavy atom. The fraction of sp³-hybridized carbons (Fsp3) is 0.435. The minimum Gasteiger partial charge on any atom is -0.337 e. The molecule has 0 unspecified atom stereocenters. The first-order chi connectivity index (χ1) is 14.0. The zero-order valence-electron chi connectivity index (χ0n) is 17.2. The van der Waals surface area contributed by atoms with Crippen LogP contribution in [0.1, 0.15) is 35.7 Å². The minimum atomic E-state index is -0.221. The van der Waals surface area contributed by atoms with Crippen molar-refractivity contribution in [1.82, 2.24) is 14.8 Å². The molecule has 4 rings (SSSR count). The largest absolute Gasteiger partial charge is 0.337 e. The molecule has 1 aromatic heterocycles. The molecule has 2 amide bonds. The SMILES string of the molecule is CCCc1ccc(C(=O)N2CC[C@]3(C2)CN(c2cccnc2)C(=O)CN3C)cc1. The molecule has 0 N–H and O–H groups in total. The Kier molecular flexibility index (Phi) is 5.37. The van der Waals surface area contributed by atoms with Crippen LogP contribution in [0, 0.1) is 0 Å². The summed E-state index contributed by atoms with van der Waals surface area (Å²) in [5, 5.41) is 0. The van der Waals surface area contributed by atoms with Gasteiger partial charge in [0.15, 0.2) is 0 Å². The monoisotopic (exact) mass is 392 g/mol. The predicted octanol–water partition coefficient (Wildman–Crippen LogP) is 2.60. The van der Waals surface area contributed by atoms with E-state index < -0.39 is 0 Å². The summed E-state index contributed by atoms with van der Waals surface area (Å²) in [6, 6.07) is 11.7. The molecule has 3 heterocycles. The molecule has 0 aliphatic carbocycles. The second-order valence-corrected chi connectivity index (χ2v) is 8.20. The Morgan fingerprint density at radius 3 is 2.66 bits per heavy atom. The highest BCUT2D eigenvalue weighted by atomic mass is 16.2. The van der Waals surface area contributed by atoms with E-state index in [1.165, 1.54) is 5.56 Å². The summed E-state index contributed by atoms with van der Waals surface area (Å²) >= 11 is 0. The van der Waals surface area contributed by atoms with Gasteiger partial charge >= 0.3 is 0 Å². The van der Waals surface area contributed by atoms with Crippen molar-refractivity contribution >= 4 is 17.5 Å². The second-order valence-electron chi connectivity index (χ2n) is 8.20. The van der Waals surface area contributed by atoms with Crippen molar-refractivity contribution in [2.75, 3.05) is 38.1 Å². The van der Waals surface area contributed by atoms with Crippen LogP contribution in [0.5, 0.6) is 0 Å². The van der Waals surface area contributed by atoms with Crippen molar-refractivity contribution in [2.45, 2.75) is 31.7 Å². The summed E-state index contributed by atoms with van der Waals surface area (Å²) < 4.78 is 0. The van der Waals surface area contributed by atoms with Crippen molar-refractivity contribution < 1.29 is 9.59 Å². The lowest BCUT2D eigenvalue weighted by Crippen LogP contribution is -2.64. The van der Waals surface area contributed by atoms with Gasteiger partial charge in [0.25, 0.3) is 5.91 Å². The molecule has 2 aromatic rings. The van der Waals surface area contributed by atoms with Crippen LogP contribution in [0.15, 0.2) is 48.8 Å². The zero-order chi connectivity index (χ0) is 20.4. The molecule has 0 bridgehead atoms. The van der Waals surface area contributed by atoms with Crippen molar-refractivity contribution in [2.24, 2.45) is 0 Å². The maximum absolute atomic E-state index is 13.1. The van der Waals surface area contributed by atoms with E-state index in [0.717, 1.165) is 30.5 Å². The quantitative estimate of drug-likeness (QED) is 0.803. The van der Waals surface area contributed by atoms with Crippen LogP contribution < -0.4 is 4.90 Å². The van der Waals surface area contributed by atoms with Crippen LogP contribution in [0.3, 0.4) is 0 Å². The first-order valence-corrected chi connectivity index (χ1v) is 10.3. The van der Waals surface area contributed by atoms with Crippen molar-refractivity contribution in [3.8, 4) is 0 Å². The molecule has 0 radical (unpaired) electrons. The van der Waals surface area contributed by atoms with Crippen molar-refractivity contribution in [3.05, 3.63) is 59.9 Å². The van der Waals surface area contributed by atoms with Gasteiger partial charge in [-0.3, -0.25) is 19.5 Å². The number of likely N-dealkylation sites (N-methyl/N-ethyl adjacent to an activating group) is 1. The molecule has 0 saturated carbocycles. The third-order valence-electron chi connectivity index (χ3n) is 6.25. The number of amides is 2. The van der Waals surface area contributed by atoms with Crippen LogP contribution in [0.4, 0.5) is 5.69 Å². The van der Waals surface area contributed by atoms with Gasteiger partial charge in [0.05, 0.1) is 24.0 Å². The van der Waals surface area contributed by atoms with E-state index in [0.29, 0.717) is 26.2 Å². The van der Waals surface area contributed by atoms with E-state index in [1.807, 2.05) is 41.1 Å². The third kappa shape index (κ3) is 3.77. The number of rotatable bonds is 4. The smallest absolute Gasteiger partial charge is 0.253 e. The highest BCUT2D eigenvalue weighted by Crippen LogP contribution is 2.33. The van der Waals surface area contributed by atoms with Crippen molar-refractivity contribution in [1.29, 1.82) is 0 Å². The number of piperazine rings is 1. The van der Waals surface area contributed by atoms with E-state index in [9.17, 15) is 9.59 Å². The maximum Gasteiger partial charge on any atom is 0.253 e. The van der Waals surface area contributed by atoms with Crippen LogP contribution in [0.2, 0.25) is 0 Å². The summed E-state index contributed by atoms with van der Waals surface area (Å²) in [7, 11) is 1.99. The van der Waals surface area contributed by atoms with Gasteiger partial charge in [0.1, 0.15) is 0 Å². The first kappa shape index (κ1) is 19.6. The lowest BCUT2D eigenvalue weighted by Gasteiger charge is -2.46. The topological polar surface area (TPSA) is 56.8 Å². The average molecular weight is 393 g/mol. The number of hydrogen-bond acceptors (Lipinski definition) is 4. The fourth-order valence-corrected chi connectivity index (χ4v) is 4.46. The normalized spacial score (nSPS) is 22.5. The fourth-order valence-electron chi connectivity index (χ4n) is 4.46. The third-order valence-corrected chi connectivity index (χ3v) is 6.25. The van der Waals surface area contributed by atoms with Gasteiger partial charge in [-0.05, 0) is 49.7 Å². The Morgan fingerprint density at radius 1 is 1.17 bits per heavy atom. The number of nitrogens with zero attached hydrogens (tertiary/aromatic N) is 4. The molecular weight excluding hydrogens is 364 g/mol. The molecule has 29 heavy (non-hydrogen) atoms. The van der Waals surface area contributed by atoms with Crippen LogP contribution in [-0.2, 0) is 11.2 Å². The predicted molar refractivity (Wildman–Crippen MR) is 113 cm³/mol. The van der Waals surface area contributed by atoms with Gasteiger partial charge < -0.3 is 9.80 Å². The number of hydrogen-bond donors (Lipinski definition) is 0. The maximum atomic E-state index is 13.1. The molecule has 1 spiro atoms. The summed E-state index contributed by atoms with van der Waals surface area (Å²) in [5.74, 6) is 0.144. The van der Waals surface area contributed by atoms with E-state index >= 15 is 0 Å². The molecule has 6 nitrogen and oxygen atoms in total.